The van der Waals surface area contributed by atoms with Crippen LogP contribution in [0.25, 0.3) is 0 Å². The maximum atomic E-state index is 5.17. The van der Waals surface area contributed by atoms with E-state index in [1.54, 1.807) is 30.2 Å². The van der Waals surface area contributed by atoms with Crippen molar-refractivity contribution in [1.29, 1.82) is 0 Å². The molecule has 0 radical (unpaired) electrons. The number of anilines is 2. The number of rotatable bonds is 7. The predicted molar refractivity (Wildman–Crippen MR) is 102 cm³/mol. The highest BCUT2D eigenvalue weighted by Gasteiger charge is 2.05. The number of nitrogens with one attached hydrogen (secondary N) is 1. The van der Waals surface area contributed by atoms with Crippen molar-refractivity contribution in [3.05, 3.63) is 59.7 Å². The fourth-order valence-electron chi connectivity index (χ4n) is 2.13. The molecule has 0 amide bonds. The van der Waals surface area contributed by atoms with E-state index in [0.29, 0.717) is 0 Å². The second-order valence-electron chi connectivity index (χ2n) is 5.31. The van der Waals surface area contributed by atoms with Crippen molar-refractivity contribution < 1.29 is 4.74 Å². The molecule has 3 aromatic rings. The number of nitrogens with zero attached hydrogens (tertiary/aromatic N) is 2. The zero-order chi connectivity index (χ0) is 16.8. The number of benzene rings is 2. The Morgan fingerprint density at radius 1 is 1.04 bits per heavy atom. The zero-order valence-corrected chi connectivity index (χ0v) is 15.3. The van der Waals surface area contributed by atoms with Gasteiger partial charge in [0, 0.05) is 11.4 Å². The van der Waals surface area contributed by atoms with Crippen molar-refractivity contribution in [3.8, 4) is 5.75 Å². The number of methoxy groups -OCH3 is 1. The largest absolute Gasteiger partial charge is 0.497 e. The Bertz CT molecular complexity index is 770. The number of aromatic nitrogens is 2. The normalized spacial score (nSPS) is 10.6. The van der Waals surface area contributed by atoms with Gasteiger partial charge in [0.15, 0.2) is 4.34 Å². The van der Waals surface area contributed by atoms with Gasteiger partial charge >= 0.3 is 0 Å². The number of ether oxygens (including phenoxy) is 1. The van der Waals surface area contributed by atoms with Gasteiger partial charge in [0.25, 0.3) is 0 Å². The fourth-order valence-corrected chi connectivity index (χ4v) is 3.96. The molecule has 0 fully saturated rings. The quantitative estimate of drug-likeness (QED) is 0.607. The fraction of sp³-hybridized carbons (Fsp3) is 0.222. The number of aryl methyl sites for hydroxylation is 2. The third-order valence-electron chi connectivity index (χ3n) is 3.48. The van der Waals surface area contributed by atoms with Crippen LogP contribution in [0.2, 0.25) is 0 Å². The topological polar surface area (TPSA) is 47.0 Å². The standard InChI is InChI=1S/C18H19N3OS2/c1-13-3-7-15(8-4-13)19-17-20-21-18(24-17)23-12-11-14-5-9-16(22-2)10-6-14/h3-10H,11-12H2,1-2H3,(H,19,20). The molecule has 3 rings (SSSR count). The maximum absolute atomic E-state index is 5.17. The third-order valence-corrected chi connectivity index (χ3v) is 5.46. The molecule has 0 spiro atoms. The van der Waals surface area contributed by atoms with E-state index < -0.39 is 0 Å². The maximum Gasteiger partial charge on any atom is 0.210 e. The van der Waals surface area contributed by atoms with E-state index in [1.807, 2.05) is 24.3 Å². The van der Waals surface area contributed by atoms with Crippen LogP contribution in [0.5, 0.6) is 5.75 Å². The van der Waals surface area contributed by atoms with Crippen LogP contribution in [0, 0.1) is 6.92 Å². The third kappa shape index (κ3) is 4.72. The molecular formula is C18H19N3OS2. The summed E-state index contributed by atoms with van der Waals surface area (Å²) < 4.78 is 6.16. The van der Waals surface area contributed by atoms with E-state index in [2.05, 4.69) is 46.7 Å². The van der Waals surface area contributed by atoms with Crippen LogP contribution in [0.3, 0.4) is 0 Å². The molecule has 0 saturated carbocycles. The van der Waals surface area contributed by atoms with Crippen molar-refractivity contribution in [2.75, 3.05) is 18.2 Å². The molecule has 0 bridgehead atoms. The van der Waals surface area contributed by atoms with Crippen LogP contribution in [0.1, 0.15) is 11.1 Å². The minimum atomic E-state index is 0.825. The second kappa shape index (κ2) is 8.17. The minimum absolute atomic E-state index is 0.825. The van der Waals surface area contributed by atoms with E-state index in [9.17, 15) is 0 Å². The van der Waals surface area contributed by atoms with E-state index in [0.717, 1.165) is 33.1 Å². The summed E-state index contributed by atoms with van der Waals surface area (Å²) in [6.07, 6.45) is 0.995. The first-order valence-electron chi connectivity index (χ1n) is 7.66. The van der Waals surface area contributed by atoms with Crippen LogP contribution >= 0.6 is 23.1 Å². The molecule has 24 heavy (non-hydrogen) atoms. The monoisotopic (exact) mass is 357 g/mol. The van der Waals surface area contributed by atoms with Crippen molar-refractivity contribution in [1.82, 2.24) is 10.2 Å². The van der Waals surface area contributed by atoms with Crippen LogP contribution in [0.15, 0.2) is 52.9 Å². The SMILES string of the molecule is COc1ccc(CCSc2nnc(Nc3ccc(C)cc3)s2)cc1. The lowest BCUT2D eigenvalue weighted by Gasteiger charge is -2.02. The summed E-state index contributed by atoms with van der Waals surface area (Å²) in [5.74, 6) is 1.87. The highest BCUT2D eigenvalue weighted by molar-refractivity contribution is 8.01. The van der Waals surface area contributed by atoms with Gasteiger partial charge in [-0.15, -0.1) is 10.2 Å². The molecule has 0 aliphatic rings. The molecule has 0 unspecified atom stereocenters. The summed E-state index contributed by atoms with van der Waals surface area (Å²) in [6.45, 7) is 2.08. The van der Waals surface area contributed by atoms with Gasteiger partial charge in [-0.05, 0) is 43.2 Å². The minimum Gasteiger partial charge on any atom is -0.497 e. The summed E-state index contributed by atoms with van der Waals surface area (Å²) in [5, 5.41) is 12.6. The molecule has 6 heteroatoms. The molecule has 124 valence electrons. The number of hydrogen-bond donors (Lipinski definition) is 1. The molecule has 0 saturated heterocycles. The molecule has 4 nitrogen and oxygen atoms in total. The molecule has 2 aromatic carbocycles. The van der Waals surface area contributed by atoms with Gasteiger partial charge in [0.1, 0.15) is 5.75 Å². The van der Waals surface area contributed by atoms with Gasteiger partial charge < -0.3 is 10.1 Å². The summed E-state index contributed by atoms with van der Waals surface area (Å²) in [4.78, 5) is 0. The van der Waals surface area contributed by atoms with Crippen molar-refractivity contribution in [2.45, 2.75) is 17.7 Å². The molecular weight excluding hydrogens is 338 g/mol. The lowest BCUT2D eigenvalue weighted by atomic mass is 10.2. The number of hydrogen-bond acceptors (Lipinski definition) is 6. The smallest absolute Gasteiger partial charge is 0.210 e. The van der Waals surface area contributed by atoms with E-state index in [4.69, 9.17) is 4.74 Å². The summed E-state index contributed by atoms with van der Waals surface area (Å²) >= 11 is 3.32. The van der Waals surface area contributed by atoms with E-state index in [1.165, 1.54) is 11.1 Å². The van der Waals surface area contributed by atoms with Crippen LogP contribution in [-0.2, 0) is 6.42 Å². The Hall–Kier alpha value is -2.05. The average Bonchev–Trinajstić information content (AvgIpc) is 3.05. The lowest BCUT2D eigenvalue weighted by Crippen LogP contribution is -1.89. The predicted octanol–water partition coefficient (Wildman–Crippen LogP) is 4.93. The zero-order valence-electron chi connectivity index (χ0n) is 13.7. The summed E-state index contributed by atoms with van der Waals surface area (Å²) in [5.41, 5.74) is 3.57. The lowest BCUT2D eigenvalue weighted by molar-refractivity contribution is 0.414. The molecule has 0 aliphatic heterocycles. The molecule has 1 aromatic heterocycles. The Labute approximate surface area is 150 Å². The molecule has 1 N–H and O–H groups in total. The first-order valence-corrected chi connectivity index (χ1v) is 9.46. The summed E-state index contributed by atoms with van der Waals surface area (Å²) in [7, 11) is 1.68. The van der Waals surface area contributed by atoms with Crippen molar-refractivity contribution in [3.63, 3.8) is 0 Å². The van der Waals surface area contributed by atoms with Gasteiger partial charge in [-0.25, -0.2) is 0 Å². The van der Waals surface area contributed by atoms with Crippen LogP contribution in [0.4, 0.5) is 10.8 Å². The Balaban J connectivity index is 1.49. The van der Waals surface area contributed by atoms with E-state index in [-0.39, 0.29) is 0 Å². The average molecular weight is 358 g/mol. The second-order valence-corrected chi connectivity index (χ2v) is 7.63. The van der Waals surface area contributed by atoms with Gasteiger partial charge in [-0.3, -0.25) is 0 Å². The Morgan fingerprint density at radius 2 is 1.79 bits per heavy atom. The summed E-state index contributed by atoms with van der Waals surface area (Å²) in [6, 6.07) is 16.4. The molecule has 0 aliphatic carbocycles. The van der Waals surface area contributed by atoms with Gasteiger partial charge in [0.2, 0.25) is 5.13 Å². The van der Waals surface area contributed by atoms with Gasteiger partial charge in [-0.1, -0.05) is 52.9 Å². The highest BCUT2D eigenvalue weighted by atomic mass is 32.2. The Kier molecular flexibility index (Phi) is 5.72. The molecule has 0 atom stereocenters. The molecule has 1 heterocycles. The van der Waals surface area contributed by atoms with Crippen molar-refractivity contribution >= 4 is 33.9 Å². The first-order chi connectivity index (χ1) is 11.7. The van der Waals surface area contributed by atoms with Gasteiger partial charge in [-0.2, -0.15) is 0 Å². The van der Waals surface area contributed by atoms with Crippen LogP contribution < -0.4 is 10.1 Å². The van der Waals surface area contributed by atoms with Crippen molar-refractivity contribution in [2.24, 2.45) is 0 Å². The Morgan fingerprint density at radius 3 is 2.50 bits per heavy atom. The highest BCUT2D eigenvalue weighted by Crippen LogP contribution is 2.28. The van der Waals surface area contributed by atoms with Crippen LogP contribution in [-0.4, -0.2) is 23.1 Å². The number of thioether (sulfide) groups is 1. The van der Waals surface area contributed by atoms with E-state index >= 15 is 0 Å². The van der Waals surface area contributed by atoms with Gasteiger partial charge in [0.05, 0.1) is 7.11 Å². The first kappa shape index (κ1) is 16.8.